The van der Waals surface area contributed by atoms with Crippen LogP contribution in [0.1, 0.15) is 5.56 Å². The number of benzene rings is 2. The first-order valence-corrected chi connectivity index (χ1v) is 7.92. The van der Waals surface area contributed by atoms with Gasteiger partial charge >= 0.3 is 0 Å². The third-order valence-electron chi connectivity index (χ3n) is 2.65. The maximum atomic E-state index is 13.7. The van der Waals surface area contributed by atoms with E-state index in [2.05, 4.69) is 0 Å². The Kier molecular flexibility index (Phi) is 4.22. The third kappa shape index (κ3) is 3.23. The van der Waals surface area contributed by atoms with Gasteiger partial charge in [-0.25, -0.2) is 12.8 Å². The second kappa shape index (κ2) is 5.60. The Bertz CT molecular complexity index is 763. The average molecular weight is 334 g/mol. The van der Waals surface area contributed by atoms with Crippen LogP contribution in [0.2, 0.25) is 10.0 Å². The van der Waals surface area contributed by atoms with E-state index < -0.39 is 21.4 Å². The Morgan fingerprint density at radius 1 is 1.10 bits per heavy atom. The van der Waals surface area contributed by atoms with Crippen molar-refractivity contribution in [2.24, 2.45) is 0 Å². The number of rotatable bonds is 3. The Hall–Kier alpha value is -1.30. The predicted molar refractivity (Wildman–Crippen MR) is 78.2 cm³/mol. The molecule has 0 atom stereocenters. The molecule has 2 N–H and O–H groups in total. The Labute approximate surface area is 126 Å². The van der Waals surface area contributed by atoms with Crippen molar-refractivity contribution >= 4 is 38.7 Å². The highest BCUT2D eigenvalue weighted by Crippen LogP contribution is 2.28. The summed E-state index contributed by atoms with van der Waals surface area (Å²) in [4.78, 5) is -0.122. The largest absolute Gasteiger partial charge is 0.399 e. The van der Waals surface area contributed by atoms with Gasteiger partial charge in [0.2, 0.25) is 0 Å². The van der Waals surface area contributed by atoms with Gasteiger partial charge in [0.25, 0.3) is 0 Å². The first-order chi connectivity index (χ1) is 9.29. The molecule has 2 rings (SSSR count). The average Bonchev–Trinajstić information content (AvgIpc) is 2.35. The van der Waals surface area contributed by atoms with Crippen LogP contribution >= 0.6 is 23.2 Å². The van der Waals surface area contributed by atoms with Gasteiger partial charge in [0, 0.05) is 16.3 Å². The molecule has 0 aromatic heterocycles. The van der Waals surface area contributed by atoms with Gasteiger partial charge in [0.05, 0.1) is 15.7 Å². The predicted octanol–water partition coefficient (Wildman–Crippen LogP) is 3.69. The number of anilines is 1. The van der Waals surface area contributed by atoms with Crippen molar-refractivity contribution in [3.05, 3.63) is 57.8 Å². The van der Waals surface area contributed by atoms with Crippen LogP contribution in [-0.2, 0) is 15.6 Å². The van der Waals surface area contributed by atoms with Gasteiger partial charge < -0.3 is 5.73 Å². The molecule has 0 radical (unpaired) electrons. The van der Waals surface area contributed by atoms with Crippen molar-refractivity contribution in [3.8, 4) is 0 Å². The minimum Gasteiger partial charge on any atom is -0.399 e. The summed E-state index contributed by atoms with van der Waals surface area (Å²) in [5, 5.41) is 0.288. The molecule has 2 aromatic rings. The SMILES string of the molecule is Nc1ccc(CS(=O)(=O)c2cc(Cl)ccc2Cl)c(F)c1. The van der Waals surface area contributed by atoms with E-state index in [1.54, 1.807) is 0 Å². The summed E-state index contributed by atoms with van der Waals surface area (Å²) in [6.45, 7) is 0. The van der Waals surface area contributed by atoms with E-state index >= 15 is 0 Å². The normalized spacial score (nSPS) is 11.6. The maximum absolute atomic E-state index is 13.7. The van der Waals surface area contributed by atoms with E-state index in [0.29, 0.717) is 0 Å². The number of hydrogen-bond donors (Lipinski definition) is 1. The number of nitrogen functional groups attached to an aromatic ring is 1. The Morgan fingerprint density at radius 3 is 2.45 bits per heavy atom. The molecule has 0 saturated heterocycles. The molecule has 106 valence electrons. The Balaban J connectivity index is 2.43. The van der Waals surface area contributed by atoms with Crippen molar-refractivity contribution in [3.63, 3.8) is 0 Å². The minimum atomic E-state index is -3.80. The molecule has 0 spiro atoms. The maximum Gasteiger partial charge on any atom is 0.184 e. The number of sulfone groups is 1. The van der Waals surface area contributed by atoms with Gasteiger partial charge in [-0.2, -0.15) is 0 Å². The smallest absolute Gasteiger partial charge is 0.184 e. The van der Waals surface area contributed by atoms with E-state index in [9.17, 15) is 12.8 Å². The zero-order valence-electron chi connectivity index (χ0n) is 10.1. The van der Waals surface area contributed by atoms with E-state index in [4.69, 9.17) is 28.9 Å². The fourth-order valence-corrected chi connectivity index (χ4v) is 3.86. The Morgan fingerprint density at radius 2 is 1.80 bits per heavy atom. The highest BCUT2D eigenvalue weighted by atomic mass is 35.5. The fourth-order valence-electron chi connectivity index (χ4n) is 1.68. The number of nitrogens with two attached hydrogens (primary N) is 1. The number of hydrogen-bond acceptors (Lipinski definition) is 3. The van der Waals surface area contributed by atoms with Crippen LogP contribution in [0.25, 0.3) is 0 Å². The quantitative estimate of drug-likeness (QED) is 0.871. The van der Waals surface area contributed by atoms with Crippen molar-refractivity contribution in [1.29, 1.82) is 0 Å². The zero-order chi connectivity index (χ0) is 14.9. The second-order valence-electron chi connectivity index (χ2n) is 4.18. The van der Waals surface area contributed by atoms with Crippen LogP contribution in [0.4, 0.5) is 10.1 Å². The molecule has 0 saturated carbocycles. The molecule has 0 amide bonds. The summed E-state index contributed by atoms with van der Waals surface area (Å²) in [7, 11) is -3.80. The van der Waals surface area contributed by atoms with Gasteiger partial charge in [-0.1, -0.05) is 29.3 Å². The van der Waals surface area contributed by atoms with Gasteiger partial charge in [-0.3, -0.25) is 0 Å². The van der Waals surface area contributed by atoms with Gasteiger partial charge in [0.15, 0.2) is 9.84 Å². The molecule has 0 aliphatic rings. The molecule has 0 bridgehead atoms. The molecular formula is C13H10Cl2FNO2S. The molecule has 7 heteroatoms. The zero-order valence-corrected chi connectivity index (χ0v) is 12.4. The van der Waals surface area contributed by atoms with Crippen LogP contribution < -0.4 is 5.73 Å². The molecule has 0 heterocycles. The van der Waals surface area contributed by atoms with E-state index in [1.807, 2.05) is 0 Å². The summed E-state index contributed by atoms with van der Waals surface area (Å²) in [6.07, 6.45) is 0. The van der Waals surface area contributed by atoms with Crippen molar-refractivity contribution in [2.75, 3.05) is 5.73 Å². The molecule has 3 nitrogen and oxygen atoms in total. The second-order valence-corrected chi connectivity index (χ2v) is 6.99. The molecule has 2 aromatic carbocycles. The third-order valence-corrected chi connectivity index (χ3v) is 5.03. The monoisotopic (exact) mass is 333 g/mol. The summed E-state index contributed by atoms with van der Waals surface area (Å²) in [6, 6.07) is 7.95. The molecular weight excluding hydrogens is 324 g/mol. The molecule has 0 aliphatic heterocycles. The lowest BCUT2D eigenvalue weighted by molar-refractivity contribution is 0.587. The van der Waals surface area contributed by atoms with Crippen LogP contribution in [0.3, 0.4) is 0 Å². The van der Waals surface area contributed by atoms with Crippen LogP contribution in [-0.4, -0.2) is 8.42 Å². The van der Waals surface area contributed by atoms with Gasteiger partial charge in [-0.05, 0) is 30.3 Å². The highest BCUT2D eigenvalue weighted by Gasteiger charge is 2.21. The number of halogens is 3. The topological polar surface area (TPSA) is 60.2 Å². The molecule has 20 heavy (non-hydrogen) atoms. The standard InChI is InChI=1S/C13H10Cl2FNO2S/c14-9-2-4-11(15)13(5-9)20(18,19)7-8-1-3-10(17)6-12(8)16/h1-6H,7,17H2. The van der Waals surface area contributed by atoms with Crippen molar-refractivity contribution in [1.82, 2.24) is 0 Å². The van der Waals surface area contributed by atoms with Crippen LogP contribution in [0.15, 0.2) is 41.3 Å². The summed E-state index contributed by atoms with van der Waals surface area (Å²) >= 11 is 11.6. The molecule has 0 unspecified atom stereocenters. The van der Waals surface area contributed by atoms with E-state index in [1.165, 1.54) is 30.3 Å². The van der Waals surface area contributed by atoms with Gasteiger partial charge in [0.1, 0.15) is 5.82 Å². The molecule has 0 fully saturated rings. The molecule has 0 aliphatic carbocycles. The summed E-state index contributed by atoms with van der Waals surface area (Å²) in [5.74, 6) is -1.19. The summed E-state index contributed by atoms with van der Waals surface area (Å²) in [5.41, 5.74) is 5.67. The first kappa shape index (κ1) is 15.1. The lowest BCUT2D eigenvalue weighted by atomic mass is 10.2. The fraction of sp³-hybridized carbons (Fsp3) is 0.0769. The lowest BCUT2D eigenvalue weighted by Crippen LogP contribution is -2.07. The first-order valence-electron chi connectivity index (χ1n) is 5.51. The van der Waals surface area contributed by atoms with Crippen molar-refractivity contribution < 1.29 is 12.8 Å². The van der Waals surface area contributed by atoms with Crippen molar-refractivity contribution in [2.45, 2.75) is 10.6 Å². The minimum absolute atomic E-state index is 0.0234. The van der Waals surface area contributed by atoms with Crippen LogP contribution in [0.5, 0.6) is 0 Å². The van der Waals surface area contributed by atoms with Crippen LogP contribution in [0, 0.1) is 5.82 Å². The van der Waals surface area contributed by atoms with E-state index in [-0.39, 0.29) is 26.2 Å². The van der Waals surface area contributed by atoms with E-state index in [0.717, 1.165) is 6.07 Å². The lowest BCUT2D eigenvalue weighted by Gasteiger charge is -2.08. The van der Waals surface area contributed by atoms with Gasteiger partial charge in [-0.15, -0.1) is 0 Å². The highest BCUT2D eigenvalue weighted by molar-refractivity contribution is 7.90. The summed E-state index contributed by atoms with van der Waals surface area (Å²) < 4.78 is 38.2.